The summed E-state index contributed by atoms with van der Waals surface area (Å²) in [4.78, 5) is 0. The average Bonchev–Trinajstić information content (AvgIpc) is 2.04. The first-order valence-corrected chi connectivity index (χ1v) is 3.32. The summed E-state index contributed by atoms with van der Waals surface area (Å²) in [6.07, 6.45) is 0. The van der Waals surface area contributed by atoms with E-state index in [1.807, 2.05) is 13.0 Å². The van der Waals surface area contributed by atoms with Gasteiger partial charge >= 0.3 is 0 Å². The quantitative estimate of drug-likeness (QED) is 0.606. The third-order valence-corrected chi connectivity index (χ3v) is 1.48. The zero-order valence-corrected chi connectivity index (χ0v) is 6.59. The van der Waals surface area contributed by atoms with Crippen LogP contribution in [0.1, 0.15) is 11.1 Å². The Balaban J connectivity index is 3.19. The monoisotopic (exact) mass is 146 g/mol. The van der Waals surface area contributed by atoms with Gasteiger partial charge in [0.05, 0.1) is 12.7 Å². The normalized spacial score (nSPS) is 8.82. The molecule has 0 aromatic heterocycles. The van der Waals surface area contributed by atoms with Crippen LogP contribution in [0.2, 0.25) is 0 Å². The average molecular weight is 146 g/mol. The van der Waals surface area contributed by atoms with Crippen LogP contribution in [0.5, 0.6) is 5.75 Å². The summed E-state index contributed by atoms with van der Waals surface area (Å²) in [6, 6.07) is 7.58. The molecule has 0 amide bonds. The van der Waals surface area contributed by atoms with Gasteiger partial charge in [-0.2, -0.15) is 5.26 Å². The van der Waals surface area contributed by atoms with Gasteiger partial charge in [-0.1, -0.05) is 6.07 Å². The Hall–Kier alpha value is -1.49. The molecule has 1 aromatic rings. The molecule has 56 valence electrons. The molecule has 0 fully saturated rings. The first kappa shape index (κ1) is 7.62. The molecule has 0 unspecified atom stereocenters. The van der Waals surface area contributed by atoms with Crippen LogP contribution in [-0.4, -0.2) is 7.11 Å². The van der Waals surface area contributed by atoms with E-state index in [0.29, 0.717) is 11.3 Å². The lowest BCUT2D eigenvalue weighted by atomic mass is 9.97. The largest absolute Gasteiger partial charge is 0.495 e. The Bertz CT molecular complexity index is 299. The summed E-state index contributed by atoms with van der Waals surface area (Å²) in [6.45, 7) is 1.94. The lowest BCUT2D eigenvalue weighted by molar-refractivity contribution is 0.413. The molecule has 0 aliphatic heterocycles. The maximum absolute atomic E-state index is 8.64. The summed E-state index contributed by atoms with van der Waals surface area (Å²) in [7, 11) is 1.56. The molecule has 1 aromatic carbocycles. The highest BCUT2D eigenvalue weighted by atomic mass is 16.5. The number of benzene rings is 1. The van der Waals surface area contributed by atoms with Crippen LogP contribution in [-0.2, 0) is 0 Å². The van der Waals surface area contributed by atoms with Crippen molar-refractivity contribution in [3.63, 3.8) is 0 Å². The molecule has 0 aliphatic rings. The van der Waals surface area contributed by atoms with E-state index >= 15 is 0 Å². The minimum absolute atomic E-state index is 0.590. The summed E-state index contributed by atoms with van der Waals surface area (Å²) in [5.41, 5.74) is 1.66. The van der Waals surface area contributed by atoms with Gasteiger partial charge in [0.15, 0.2) is 0 Å². The predicted molar refractivity (Wildman–Crippen MR) is 42.4 cm³/mol. The van der Waals surface area contributed by atoms with Gasteiger partial charge in [-0.15, -0.1) is 0 Å². The molecular weight excluding hydrogens is 137 g/mol. The lowest BCUT2D eigenvalue weighted by Gasteiger charge is -2.01. The van der Waals surface area contributed by atoms with Gasteiger partial charge < -0.3 is 4.74 Å². The van der Waals surface area contributed by atoms with Crippen molar-refractivity contribution in [1.82, 2.24) is 0 Å². The number of nitriles is 1. The summed E-state index contributed by atoms with van der Waals surface area (Å²) < 4.78 is 4.97. The van der Waals surface area contributed by atoms with Crippen molar-refractivity contribution in [2.24, 2.45) is 0 Å². The van der Waals surface area contributed by atoms with Gasteiger partial charge in [0.1, 0.15) is 11.8 Å². The molecule has 0 radical (unpaired) electrons. The van der Waals surface area contributed by atoms with E-state index in [-0.39, 0.29) is 0 Å². The Morgan fingerprint density at radius 2 is 2.18 bits per heavy atom. The second-order valence-electron chi connectivity index (χ2n) is 2.32. The minimum atomic E-state index is 0.590. The van der Waals surface area contributed by atoms with Crippen LogP contribution in [0.3, 0.4) is 0 Å². The van der Waals surface area contributed by atoms with Gasteiger partial charge in [0.2, 0.25) is 0 Å². The van der Waals surface area contributed by atoms with E-state index in [2.05, 4.69) is 6.07 Å². The lowest BCUT2D eigenvalue weighted by Crippen LogP contribution is -1.87. The minimum Gasteiger partial charge on any atom is -0.495 e. The van der Waals surface area contributed by atoms with Crippen LogP contribution in [0.25, 0.3) is 0 Å². The zero-order valence-electron chi connectivity index (χ0n) is 6.59. The molecule has 11 heavy (non-hydrogen) atoms. The van der Waals surface area contributed by atoms with E-state index in [4.69, 9.17) is 10.00 Å². The van der Waals surface area contributed by atoms with E-state index in [1.54, 1.807) is 19.2 Å². The molecule has 0 heterocycles. The molecule has 0 N–H and O–H groups in total. The molecule has 0 bridgehead atoms. The second-order valence-corrected chi connectivity index (χ2v) is 2.32. The fraction of sp³-hybridized carbons (Fsp3) is 0.222. The molecule has 0 aliphatic carbocycles. The number of hydrogen-bond acceptors (Lipinski definition) is 2. The Morgan fingerprint density at radius 3 is 2.73 bits per heavy atom. The van der Waals surface area contributed by atoms with E-state index in [1.165, 1.54) is 0 Å². The SMILES string of the molecule is COc1ccc(C)cc1[11C]#N. The summed E-state index contributed by atoms with van der Waals surface area (Å²) >= 11 is 0. The van der Waals surface area contributed by atoms with Crippen molar-refractivity contribution in [3.05, 3.63) is 29.3 Å². The summed E-state index contributed by atoms with van der Waals surface area (Å²) in [5.74, 6) is 0.637. The predicted octanol–water partition coefficient (Wildman–Crippen LogP) is 1.88. The molecule has 2 heteroatoms. The third kappa shape index (κ3) is 1.50. The van der Waals surface area contributed by atoms with Crippen molar-refractivity contribution in [2.75, 3.05) is 7.11 Å². The number of aryl methyl sites for hydroxylation is 1. The smallest absolute Gasteiger partial charge is 0.136 e. The molecule has 2 nitrogen and oxygen atoms in total. The summed E-state index contributed by atoms with van der Waals surface area (Å²) in [5, 5.41) is 8.64. The first-order valence-electron chi connectivity index (χ1n) is 3.32. The van der Waals surface area contributed by atoms with Gasteiger partial charge in [-0.25, -0.2) is 0 Å². The van der Waals surface area contributed by atoms with Gasteiger partial charge in [-0.05, 0) is 24.6 Å². The van der Waals surface area contributed by atoms with Gasteiger partial charge in [0, 0.05) is 0 Å². The van der Waals surface area contributed by atoms with E-state index in [9.17, 15) is 0 Å². The Morgan fingerprint density at radius 1 is 1.45 bits per heavy atom. The van der Waals surface area contributed by atoms with Crippen LogP contribution in [0.15, 0.2) is 18.2 Å². The molecule has 0 atom stereocenters. The van der Waals surface area contributed by atoms with E-state index in [0.717, 1.165) is 5.56 Å². The van der Waals surface area contributed by atoms with Crippen LogP contribution in [0.4, 0.5) is 0 Å². The van der Waals surface area contributed by atoms with E-state index < -0.39 is 0 Å². The first-order chi connectivity index (χ1) is 5.27. The van der Waals surface area contributed by atoms with Crippen LogP contribution >= 0.6 is 0 Å². The molecule has 0 saturated heterocycles. The molecule has 1 rings (SSSR count). The van der Waals surface area contributed by atoms with Gasteiger partial charge in [0.25, 0.3) is 0 Å². The standard InChI is InChI=1S/C9H9NO/c1-7-3-4-9(11-2)8(5-7)6-10/h3-5H,1-2H3/i6-1. The van der Waals surface area contributed by atoms with Crippen molar-refractivity contribution < 1.29 is 4.74 Å². The second kappa shape index (κ2) is 3.07. The number of hydrogen-bond donors (Lipinski definition) is 0. The topological polar surface area (TPSA) is 33.0 Å². The van der Waals surface area contributed by atoms with Crippen molar-refractivity contribution in [2.45, 2.75) is 6.92 Å². The fourth-order valence-electron chi connectivity index (χ4n) is 0.909. The molecule has 0 saturated carbocycles. The Labute approximate surface area is 66.0 Å². The highest BCUT2D eigenvalue weighted by Crippen LogP contribution is 2.17. The van der Waals surface area contributed by atoms with Crippen molar-refractivity contribution in [3.8, 4) is 11.8 Å². The molecule has 0 spiro atoms. The highest BCUT2D eigenvalue weighted by molar-refractivity contribution is 5.44. The van der Waals surface area contributed by atoms with Crippen LogP contribution < -0.4 is 4.74 Å². The highest BCUT2D eigenvalue weighted by Gasteiger charge is 1.99. The maximum atomic E-state index is 8.64. The maximum Gasteiger partial charge on any atom is 0.136 e. The number of methoxy groups -OCH3 is 1. The Kier molecular flexibility index (Phi) is 2.12. The number of rotatable bonds is 1. The number of nitrogens with zero attached hydrogens (tertiary/aromatic N) is 1. The number of ether oxygens (including phenoxy) is 1. The van der Waals surface area contributed by atoms with Crippen molar-refractivity contribution in [1.29, 1.82) is 5.26 Å². The fourth-order valence-corrected chi connectivity index (χ4v) is 0.909. The molecular formula is C9H9NO. The zero-order chi connectivity index (χ0) is 8.27. The van der Waals surface area contributed by atoms with Crippen LogP contribution in [0, 0.1) is 18.3 Å². The van der Waals surface area contributed by atoms with Crippen molar-refractivity contribution >= 4 is 0 Å². The van der Waals surface area contributed by atoms with Gasteiger partial charge in [-0.3, -0.25) is 0 Å². The third-order valence-electron chi connectivity index (χ3n) is 1.48.